The summed E-state index contributed by atoms with van der Waals surface area (Å²) in [7, 11) is 0. The highest BCUT2D eigenvalue weighted by atomic mass is 16.5. The van der Waals surface area contributed by atoms with E-state index in [9.17, 15) is 14.7 Å². The maximum atomic E-state index is 13.4. The number of benzene rings is 2. The molecular formula is C29H35NO5. The van der Waals surface area contributed by atoms with E-state index in [1.54, 1.807) is 11.0 Å². The lowest BCUT2D eigenvalue weighted by molar-refractivity contribution is -0.141. The Hall–Kier alpha value is -3.28. The number of aryl methyl sites for hydroxylation is 1. The van der Waals surface area contributed by atoms with Crippen molar-refractivity contribution in [3.05, 3.63) is 64.7 Å². The molecule has 6 heteroatoms. The molecule has 1 aliphatic heterocycles. The maximum Gasteiger partial charge on any atom is 0.295 e. The van der Waals surface area contributed by atoms with Crippen LogP contribution in [0.3, 0.4) is 0 Å². The van der Waals surface area contributed by atoms with Gasteiger partial charge in [-0.25, -0.2) is 0 Å². The Labute approximate surface area is 207 Å². The Kier molecular flexibility index (Phi) is 7.79. The van der Waals surface area contributed by atoms with Gasteiger partial charge in [-0.05, 0) is 74.6 Å². The van der Waals surface area contributed by atoms with Gasteiger partial charge in [-0.15, -0.1) is 0 Å². The molecule has 2 aliphatic rings. The molecule has 1 aliphatic carbocycles. The molecule has 1 atom stereocenters. The summed E-state index contributed by atoms with van der Waals surface area (Å²) in [6, 6.07) is 12.2. The number of nitrogens with zero attached hydrogens (tertiary/aromatic N) is 1. The second-order valence-electron chi connectivity index (χ2n) is 9.33. The summed E-state index contributed by atoms with van der Waals surface area (Å²) in [4.78, 5) is 28.5. The molecule has 4 rings (SSSR count). The molecule has 2 aromatic rings. The van der Waals surface area contributed by atoms with Crippen molar-refractivity contribution in [3.63, 3.8) is 0 Å². The first-order valence-electron chi connectivity index (χ1n) is 12.7. The molecule has 6 nitrogen and oxygen atoms in total. The lowest BCUT2D eigenvalue weighted by Crippen LogP contribution is -2.40. The second-order valence-corrected chi connectivity index (χ2v) is 9.33. The quantitative estimate of drug-likeness (QED) is 0.289. The predicted octanol–water partition coefficient (Wildman–Crippen LogP) is 5.94. The normalized spacial score (nSPS) is 20.3. The summed E-state index contributed by atoms with van der Waals surface area (Å²) in [5, 5.41) is 11.4. The van der Waals surface area contributed by atoms with E-state index in [0.29, 0.717) is 24.5 Å². The third kappa shape index (κ3) is 5.07. The molecule has 1 saturated heterocycles. The van der Waals surface area contributed by atoms with Crippen LogP contribution in [0.15, 0.2) is 48.0 Å². The minimum Gasteiger partial charge on any atom is -0.507 e. The van der Waals surface area contributed by atoms with Gasteiger partial charge in [0.25, 0.3) is 11.7 Å². The van der Waals surface area contributed by atoms with E-state index in [0.717, 1.165) is 55.4 Å². The summed E-state index contributed by atoms with van der Waals surface area (Å²) in [6.07, 6.45) is 5.80. The molecule has 2 fully saturated rings. The van der Waals surface area contributed by atoms with E-state index in [1.165, 1.54) is 0 Å². The summed E-state index contributed by atoms with van der Waals surface area (Å²) >= 11 is 0. The Morgan fingerprint density at radius 1 is 1.03 bits per heavy atom. The second kappa shape index (κ2) is 11.0. The van der Waals surface area contributed by atoms with Crippen LogP contribution in [0.2, 0.25) is 0 Å². The number of Topliss-reactive ketones (excluding diaryl/α,β-unsaturated/α-hetero) is 1. The van der Waals surface area contributed by atoms with Gasteiger partial charge in [0.15, 0.2) is 0 Å². The number of amides is 1. The molecule has 186 valence electrons. The van der Waals surface area contributed by atoms with E-state index >= 15 is 0 Å². The minimum atomic E-state index is -0.658. The van der Waals surface area contributed by atoms with E-state index < -0.39 is 17.7 Å². The summed E-state index contributed by atoms with van der Waals surface area (Å²) < 4.78 is 11.5. The van der Waals surface area contributed by atoms with E-state index in [2.05, 4.69) is 0 Å². The zero-order valence-corrected chi connectivity index (χ0v) is 20.9. The van der Waals surface area contributed by atoms with Crippen LogP contribution >= 0.6 is 0 Å². The Morgan fingerprint density at radius 3 is 2.49 bits per heavy atom. The van der Waals surface area contributed by atoms with E-state index in [1.807, 2.05) is 57.2 Å². The zero-order chi connectivity index (χ0) is 24.9. The molecule has 1 amide bonds. The molecule has 0 aromatic heterocycles. The van der Waals surface area contributed by atoms with Crippen molar-refractivity contribution in [2.45, 2.75) is 71.4 Å². The fourth-order valence-electron chi connectivity index (χ4n) is 5.18. The number of ether oxygens (including phenoxy) is 2. The highest BCUT2D eigenvalue weighted by Gasteiger charge is 2.49. The molecule has 0 spiro atoms. The van der Waals surface area contributed by atoms with Gasteiger partial charge in [0.2, 0.25) is 0 Å². The Bertz CT molecular complexity index is 1120. The van der Waals surface area contributed by atoms with E-state index in [4.69, 9.17) is 9.47 Å². The highest BCUT2D eigenvalue weighted by Crippen LogP contribution is 2.44. The number of aliphatic hydroxyl groups excluding tert-OH is 1. The largest absolute Gasteiger partial charge is 0.507 e. The Balaban J connectivity index is 1.82. The van der Waals surface area contributed by atoms with Gasteiger partial charge in [-0.3, -0.25) is 9.59 Å². The fraction of sp³-hybridized carbons (Fsp3) is 0.448. The van der Waals surface area contributed by atoms with Gasteiger partial charge in [0.1, 0.15) is 17.3 Å². The van der Waals surface area contributed by atoms with Crippen molar-refractivity contribution in [1.29, 1.82) is 0 Å². The standard InChI is InChI=1S/C29H35NO5/c1-4-16-35-24-15-14-21(17-19(24)3)27(31)25-26(20-10-9-13-23(18-20)34-5-2)30(29(33)28(25)32)22-11-7-6-8-12-22/h9-10,13-15,17-18,22,26,31H,4-8,11-12,16H2,1-3H3/b27-25+. The number of ketones is 1. The van der Waals surface area contributed by atoms with Crippen LogP contribution in [0.1, 0.15) is 75.1 Å². The first-order chi connectivity index (χ1) is 17.0. The number of hydrogen-bond acceptors (Lipinski definition) is 5. The van der Waals surface area contributed by atoms with Crippen molar-refractivity contribution in [1.82, 2.24) is 4.90 Å². The van der Waals surface area contributed by atoms with Gasteiger partial charge in [0, 0.05) is 11.6 Å². The molecule has 1 N–H and O–H groups in total. The Morgan fingerprint density at radius 2 is 1.80 bits per heavy atom. The lowest BCUT2D eigenvalue weighted by Gasteiger charge is -2.35. The molecular weight excluding hydrogens is 442 g/mol. The van der Waals surface area contributed by atoms with Gasteiger partial charge < -0.3 is 19.5 Å². The van der Waals surface area contributed by atoms with Crippen LogP contribution < -0.4 is 9.47 Å². The third-order valence-electron chi connectivity index (χ3n) is 6.84. The van der Waals surface area contributed by atoms with Crippen molar-refractivity contribution in [2.75, 3.05) is 13.2 Å². The third-order valence-corrected chi connectivity index (χ3v) is 6.84. The predicted molar refractivity (Wildman–Crippen MR) is 136 cm³/mol. The summed E-state index contributed by atoms with van der Waals surface area (Å²) in [6.45, 7) is 6.98. The van der Waals surface area contributed by atoms with Crippen LogP contribution in [0.4, 0.5) is 0 Å². The van der Waals surface area contributed by atoms with Gasteiger partial charge in [0.05, 0.1) is 24.8 Å². The van der Waals surface area contributed by atoms with Gasteiger partial charge >= 0.3 is 0 Å². The smallest absolute Gasteiger partial charge is 0.295 e. The number of aliphatic hydroxyl groups is 1. The summed E-state index contributed by atoms with van der Waals surface area (Å²) in [5.41, 5.74) is 2.26. The van der Waals surface area contributed by atoms with Crippen molar-refractivity contribution >= 4 is 17.4 Å². The SMILES string of the molecule is CCCOc1ccc(/C(O)=C2\C(=O)C(=O)N(C3CCCCC3)C2c2cccc(OCC)c2)cc1C. The number of hydrogen-bond donors (Lipinski definition) is 1. The summed E-state index contributed by atoms with van der Waals surface area (Å²) in [5.74, 6) is 0.0897. The maximum absolute atomic E-state index is 13.4. The minimum absolute atomic E-state index is 0.0298. The number of carbonyl (C=O) groups excluding carboxylic acids is 2. The monoisotopic (exact) mass is 477 g/mol. The fourth-order valence-corrected chi connectivity index (χ4v) is 5.18. The van der Waals surface area contributed by atoms with Crippen molar-refractivity contribution in [2.24, 2.45) is 0 Å². The molecule has 1 heterocycles. The average Bonchev–Trinajstić information content (AvgIpc) is 3.14. The van der Waals surface area contributed by atoms with Crippen LogP contribution in [-0.4, -0.2) is 41.0 Å². The van der Waals surface area contributed by atoms with Crippen LogP contribution in [0.5, 0.6) is 11.5 Å². The molecule has 35 heavy (non-hydrogen) atoms. The highest BCUT2D eigenvalue weighted by molar-refractivity contribution is 6.46. The number of likely N-dealkylation sites (tertiary alicyclic amines) is 1. The molecule has 0 radical (unpaired) electrons. The molecule has 2 aromatic carbocycles. The van der Waals surface area contributed by atoms with Gasteiger partial charge in [-0.1, -0.05) is 38.3 Å². The van der Waals surface area contributed by atoms with Crippen LogP contribution in [0, 0.1) is 6.92 Å². The number of rotatable bonds is 8. The van der Waals surface area contributed by atoms with E-state index in [-0.39, 0.29) is 17.4 Å². The average molecular weight is 478 g/mol. The van der Waals surface area contributed by atoms with Crippen LogP contribution in [0.25, 0.3) is 5.76 Å². The van der Waals surface area contributed by atoms with Crippen LogP contribution in [-0.2, 0) is 9.59 Å². The topological polar surface area (TPSA) is 76.1 Å². The van der Waals surface area contributed by atoms with Gasteiger partial charge in [-0.2, -0.15) is 0 Å². The van der Waals surface area contributed by atoms with Crippen molar-refractivity contribution < 1.29 is 24.2 Å². The van der Waals surface area contributed by atoms with Crippen molar-refractivity contribution in [3.8, 4) is 11.5 Å². The molecule has 1 saturated carbocycles. The number of carbonyl (C=O) groups is 2. The first-order valence-corrected chi connectivity index (χ1v) is 12.7. The zero-order valence-electron chi connectivity index (χ0n) is 20.9. The molecule has 0 bridgehead atoms. The lowest BCUT2D eigenvalue weighted by atomic mass is 9.90. The molecule has 1 unspecified atom stereocenters. The first kappa shape index (κ1) is 24.8.